The fourth-order valence-electron chi connectivity index (χ4n) is 10.4. The molecular formula is C73H132O6. The van der Waals surface area contributed by atoms with E-state index in [1.165, 1.54) is 244 Å². The molecule has 79 heavy (non-hydrogen) atoms. The standard InChI is InChI=1S/C73H132O6/c1-4-7-10-13-16-19-22-25-28-31-32-33-34-35-36-37-38-39-40-41-43-45-48-51-54-57-60-63-66-72(75)78-69-70(68-77-71(74)65-62-59-56-53-50-47-44-30-27-24-21-18-15-12-9-6-3)79-73(76)67-64-61-58-55-52-49-46-42-29-26-23-20-17-14-11-8-5-2/h8,11,17,20,26,29,46,49,55,58,70H,4-7,9-10,12-16,18-19,21-25,27-28,30-45,47-48,50-54,56-57,59-69H2,1-3H3/b11-8-,20-17-,29-26-,49-46-,58-55-. The molecule has 460 valence electrons. The van der Waals surface area contributed by atoms with E-state index >= 15 is 0 Å². The van der Waals surface area contributed by atoms with Crippen molar-refractivity contribution in [3.63, 3.8) is 0 Å². The molecule has 0 aromatic rings. The molecule has 0 amide bonds. The van der Waals surface area contributed by atoms with Crippen molar-refractivity contribution in [2.75, 3.05) is 13.2 Å². The smallest absolute Gasteiger partial charge is 0.306 e. The molecule has 0 heterocycles. The van der Waals surface area contributed by atoms with Gasteiger partial charge < -0.3 is 14.2 Å². The molecule has 0 aliphatic heterocycles. The molecule has 0 spiro atoms. The van der Waals surface area contributed by atoms with Crippen molar-refractivity contribution < 1.29 is 28.6 Å². The third kappa shape index (κ3) is 65.8. The summed E-state index contributed by atoms with van der Waals surface area (Å²) in [6.45, 7) is 6.55. The second-order valence-electron chi connectivity index (χ2n) is 23.4. The number of hydrogen-bond acceptors (Lipinski definition) is 6. The minimum Gasteiger partial charge on any atom is -0.462 e. The van der Waals surface area contributed by atoms with E-state index in [2.05, 4.69) is 81.5 Å². The van der Waals surface area contributed by atoms with Gasteiger partial charge in [0.1, 0.15) is 13.2 Å². The maximum Gasteiger partial charge on any atom is 0.306 e. The number of rotatable bonds is 64. The average molecular weight is 1110 g/mol. The average Bonchev–Trinajstić information content (AvgIpc) is 3.45. The second-order valence-corrected chi connectivity index (χ2v) is 23.4. The van der Waals surface area contributed by atoms with Gasteiger partial charge in [0.05, 0.1) is 0 Å². The van der Waals surface area contributed by atoms with Gasteiger partial charge in [0, 0.05) is 19.3 Å². The first-order valence-electron chi connectivity index (χ1n) is 34.8. The van der Waals surface area contributed by atoms with Crippen molar-refractivity contribution in [3.05, 3.63) is 60.8 Å². The lowest BCUT2D eigenvalue weighted by Gasteiger charge is -2.18. The molecule has 0 radical (unpaired) electrons. The van der Waals surface area contributed by atoms with Crippen LogP contribution in [0.3, 0.4) is 0 Å². The lowest BCUT2D eigenvalue weighted by atomic mass is 10.0. The normalized spacial score (nSPS) is 12.4. The predicted molar refractivity (Wildman–Crippen MR) is 344 cm³/mol. The van der Waals surface area contributed by atoms with Crippen LogP contribution >= 0.6 is 0 Å². The Hall–Kier alpha value is -2.89. The van der Waals surface area contributed by atoms with Crippen LogP contribution in [0.2, 0.25) is 0 Å². The maximum atomic E-state index is 12.9. The van der Waals surface area contributed by atoms with Crippen molar-refractivity contribution in [1.82, 2.24) is 0 Å². The molecule has 0 bridgehead atoms. The number of esters is 3. The number of carbonyl (C=O) groups excluding carboxylic acids is 3. The zero-order valence-corrected chi connectivity index (χ0v) is 52.9. The minimum atomic E-state index is -0.802. The molecule has 0 N–H and O–H groups in total. The number of ether oxygens (including phenoxy) is 3. The number of hydrogen-bond donors (Lipinski definition) is 0. The molecule has 1 unspecified atom stereocenters. The van der Waals surface area contributed by atoms with Crippen molar-refractivity contribution in [3.8, 4) is 0 Å². The van der Waals surface area contributed by atoms with Crippen molar-refractivity contribution in [1.29, 1.82) is 0 Å². The molecule has 0 rings (SSSR count). The fourth-order valence-corrected chi connectivity index (χ4v) is 10.4. The van der Waals surface area contributed by atoms with Gasteiger partial charge in [0.25, 0.3) is 0 Å². The predicted octanol–water partition coefficient (Wildman–Crippen LogP) is 23.9. The molecule has 6 heteroatoms. The Labute approximate surface area is 491 Å². The summed E-state index contributed by atoms with van der Waals surface area (Å²) >= 11 is 0. The van der Waals surface area contributed by atoms with Crippen LogP contribution in [0.15, 0.2) is 60.8 Å². The third-order valence-corrected chi connectivity index (χ3v) is 15.5. The summed E-state index contributed by atoms with van der Waals surface area (Å²) in [6.07, 6.45) is 86.9. The topological polar surface area (TPSA) is 78.9 Å². The van der Waals surface area contributed by atoms with Crippen LogP contribution in [0.25, 0.3) is 0 Å². The Kier molecular flexibility index (Phi) is 65.1. The van der Waals surface area contributed by atoms with Gasteiger partial charge in [-0.3, -0.25) is 14.4 Å². The van der Waals surface area contributed by atoms with Gasteiger partial charge in [0.2, 0.25) is 0 Å². The Morgan fingerprint density at radius 1 is 0.266 bits per heavy atom. The third-order valence-electron chi connectivity index (χ3n) is 15.5. The van der Waals surface area contributed by atoms with Crippen molar-refractivity contribution >= 4 is 17.9 Å². The van der Waals surface area contributed by atoms with Gasteiger partial charge in [-0.1, -0.05) is 351 Å². The number of allylic oxidation sites excluding steroid dienone is 10. The first-order valence-corrected chi connectivity index (χ1v) is 34.8. The van der Waals surface area contributed by atoms with E-state index in [0.29, 0.717) is 19.3 Å². The number of carbonyl (C=O) groups is 3. The van der Waals surface area contributed by atoms with Gasteiger partial charge >= 0.3 is 17.9 Å². The molecule has 0 aromatic carbocycles. The summed E-state index contributed by atoms with van der Waals surface area (Å²) in [6, 6.07) is 0. The molecule has 6 nitrogen and oxygen atoms in total. The minimum absolute atomic E-state index is 0.0921. The van der Waals surface area contributed by atoms with Crippen LogP contribution in [0, 0.1) is 0 Å². The van der Waals surface area contributed by atoms with Crippen LogP contribution in [-0.4, -0.2) is 37.2 Å². The van der Waals surface area contributed by atoms with Crippen LogP contribution in [-0.2, 0) is 28.6 Å². The quantitative estimate of drug-likeness (QED) is 0.0261. The monoisotopic (exact) mass is 1110 g/mol. The summed E-state index contributed by atoms with van der Waals surface area (Å²) in [5.41, 5.74) is 0. The van der Waals surface area contributed by atoms with Gasteiger partial charge in [-0.2, -0.15) is 0 Å². The Morgan fingerprint density at radius 2 is 0.494 bits per heavy atom. The van der Waals surface area contributed by atoms with Gasteiger partial charge in [-0.05, 0) is 57.8 Å². The Bertz CT molecular complexity index is 1410. The summed E-state index contributed by atoms with van der Waals surface area (Å²) in [7, 11) is 0. The zero-order chi connectivity index (χ0) is 57.1. The van der Waals surface area contributed by atoms with E-state index < -0.39 is 6.10 Å². The van der Waals surface area contributed by atoms with Crippen molar-refractivity contribution in [2.45, 2.75) is 374 Å². The first kappa shape index (κ1) is 76.1. The van der Waals surface area contributed by atoms with Crippen LogP contribution < -0.4 is 0 Å². The van der Waals surface area contributed by atoms with Gasteiger partial charge in [-0.15, -0.1) is 0 Å². The highest BCUT2D eigenvalue weighted by Crippen LogP contribution is 2.18. The molecule has 0 saturated heterocycles. The molecule has 1 atom stereocenters. The Morgan fingerprint density at radius 3 is 0.759 bits per heavy atom. The highest BCUT2D eigenvalue weighted by atomic mass is 16.6. The van der Waals surface area contributed by atoms with E-state index in [0.717, 1.165) is 77.0 Å². The van der Waals surface area contributed by atoms with Gasteiger partial charge in [-0.25, -0.2) is 0 Å². The van der Waals surface area contributed by atoms with E-state index in [-0.39, 0.29) is 37.5 Å². The van der Waals surface area contributed by atoms with E-state index in [1.54, 1.807) is 0 Å². The summed E-state index contributed by atoms with van der Waals surface area (Å²) < 4.78 is 16.9. The lowest BCUT2D eigenvalue weighted by Crippen LogP contribution is -2.30. The molecular weight excluding hydrogens is 973 g/mol. The molecule has 0 aliphatic rings. The maximum absolute atomic E-state index is 12.9. The largest absolute Gasteiger partial charge is 0.462 e. The zero-order valence-electron chi connectivity index (χ0n) is 52.9. The fraction of sp³-hybridized carbons (Fsp3) is 0.822. The highest BCUT2D eigenvalue weighted by molar-refractivity contribution is 5.71. The highest BCUT2D eigenvalue weighted by Gasteiger charge is 2.19. The van der Waals surface area contributed by atoms with E-state index in [4.69, 9.17) is 14.2 Å². The van der Waals surface area contributed by atoms with Crippen LogP contribution in [0.4, 0.5) is 0 Å². The van der Waals surface area contributed by atoms with Crippen LogP contribution in [0.5, 0.6) is 0 Å². The Balaban J connectivity index is 4.27. The van der Waals surface area contributed by atoms with Crippen molar-refractivity contribution in [2.24, 2.45) is 0 Å². The van der Waals surface area contributed by atoms with Crippen LogP contribution in [0.1, 0.15) is 367 Å². The van der Waals surface area contributed by atoms with E-state index in [9.17, 15) is 14.4 Å². The summed E-state index contributed by atoms with van der Waals surface area (Å²) in [5, 5.41) is 0. The molecule has 0 fully saturated rings. The molecule has 0 aromatic heterocycles. The SMILES string of the molecule is CC/C=C\C/C=C\C/C=C\C/C=C\C/C=C\CCCC(=O)OC(COC(=O)CCCCCCCCCCCCCCCCCC)COC(=O)CCCCCCCCCCCCCCCCCCCCCCCCCCCCCC. The number of unbranched alkanes of at least 4 members (excludes halogenated alkanes) is 43. The molecule has 0 aliphatic carbocycles. The first-order chi connectivity index (χ1) is 39.0. The second kappa shape index (κ2) is 67.6. The summed E-state index contributed by atoms with van der Waals surface area (Å²) in [5.74, 6) is -0.927. The summed E-state index contributed by atoms with van der Waals surface area (Å²) in [4.78, 5) is 38.4. The molecule has 0 saturated carbocycles. The lowest BCUT2D eigenvalue weighted by molar-refractivity contribution is -0.167. The van der Waals surface area contributed by atoms with Gasteiger partial charge in [0.15, 0.2) is 6.10 Å². The van der Waals surface area contributed by atoms with E-state index in [1.807, 2.05) is 0 Å².